The van der Waals surface area contributed by atoms with Crippen molar-refractivity contribution in [3.05, 3.63) is 46.4 Å². The van der Waals surface area contributed by atoms with Crippen LogP contribution < -0.4 is 14.2 Å². The van der Waals surface area contributed by atoms with Crippen molar-refractivity contribution in [1.82, 2.24) is 0 Å². The van der Waals surface area contributed by atoms with Gasteiger partial charge in [-0.1, -0.05) is 0 Å². The maximum atomic E-state index is 11.4. The number of carbonyl (C=O) groups is 1. The van der Waals surface area contributed by atoms with Gasteiger partial charge in [-0.3, -0.25) is 4.79 Å². The van der Waals surface area contributed by atoms with Gasteiger partial charge in [-0.25, -0.2) is 0 Å². The number of ether oxygens (including phenoxy) is 3. The Morgan fingerprint density at radius 1 is 1.10 bits per heavy atom. The van der Waals surface area contributed by atoms with Crippen LogP contribution in [-0.4, -0.2) is 12.6 Å². The lowest BCUT2D eigenvalue weighted by Gasteiger charge is -2.08. The third-order valence-corrected chi connectivity index (χ3v) is 3.56. The van der Waals surface area contributed by atoms with Gasteiger partial charge >= 0.3 is 0 Å². The summed E-state index contributed by atoms with van der Waals surface area (Å²) >= 11 is 3.37. The zero-order chi connectivity index (χ0) is 14.1. The Balaban J connectivity index is 1.84. The van der Waals surface area contributed by atoms with Gasteiger partial charge in [0.15, 0.2) is 17.3 Å². The number of hydrogen-bond donors (Lipinski definition) is 0. The molecule has 20 heavy (non-hydrogen) atoms. The highest BCUT2D eigenvalue weighted by atomic mass is 79.9. The van der Waals surface area contributed by atoms with Crippen LogP contribution in [-0.2, 0) is 0 Å². The summed E-state index contributed by atoms with van der Waals surface area (Å²) < 4.78 is 17.0. The first kappa shape index (κ1) is 13.0. The predicted octanol–water partition coefficient (Wildman–Crippen LogP) is 4.17. The van der Waals surface area contributed by atoms with E-state index in [1.165, 1.54) is 6.92 Å². The Morgan fingerprint density at radius 2 is 1.80 bits per heavy atom. The number of fused-ring (bicyclic) bond motifs is 1. The molecule has 5 heteroatoms. The van der Waals surface area contributed by atoms with E-state index >= 15 is 0 Å². The Morgan fingerprint density at radius 3 is 2.55 bits per heavy atom. The molecule has 0 unspecified atom stereocenters. The fraction of sp³-hybridized carbons (Fsp3) is 0.133. The monoisotopic (exact) mass is 334 g/mol. The maximum Gasteiger partial charge on any atom is 0.231 e. The van der Waals surface area contributed by atoms with Crippen LogP contribution in [0.5, 0.6) is 23.0 Å². The fourth-order valence-corrected chi connectivity index (χ4v) is 2.56. The van der Waals surface area contributed by atoms with Crippen molar-refractivity contribution in [1.29, 1.82) is 0 Å². The summed E-state index contributed by atoms with van der Waals surface area (Å²) in [5.41, 5.74) is 0.628. The lowest BCUT2D eigenvalue weighted by molar-refractivity contribution is 0.101. The van der Waals surface area contributed by atoms with Crippen LogP contribution in [0.2, 0.25) is 0 Å². The molecule has 102 valence electrons. The highest BCUT2D eigenvalue weighted by Gasteiger charge is 2.14. The van der Waals surface area contributed by atoms with Crippen LogP contribution in [0.1, 0.15) is 17.3 Å². The zero-order valence-corrected chi connectivity index (χ0v) is 12.3. The molecule has 0 atom stereocenters. The van der Waals surface area contributed by atoms with Crippen molar-refractivity contribution in [3.63, 3.8) is 0 Å². The Bertz CT molecular complexity index is 682. The lowest BCUT2D eigenvalue weighted by Crippen LogP contribution is -1.94. The molecule has 0 radical (unpaired) electrons. The summed E-state index contributed by atoms with van der Waals surface area (Å²) in [4.78, 5) is 11.4. The van der Waals surface area contributed by atoms with Crippen LogP contribution in [0.25, 0.3) is 0 Å². The van der Waals surface area contributed by atoms with E-state index in [9.17, 15) is 4.79 Å². The number of benzene rings is 2. The van der Waals surface area contributed by atoms with Crippen LogP contribution in [0.15, 0.2) is 40.9 Å². The van der Waals surface area contributed by atoms with Crippen LogP contribution in [0, 0.1) is 0 Å². The van der Waals surface area contributed by atoms with Crippen molar-refractivity contribution in [3.8, 4) is 23.0 Å². The first-order valence-corrected chi connectivity index (χ1v) is 6.81. The molecule has 0 N–H and O–H groups in total. The summed E-state index contributed by atoms with van der Waals surface area (Å²) in [6.07, 6.45) is 0. The molecule has 0 saturated heterocycles. The maximum absolute atomic E-state index is 11.4. The van der Waals surface area contributed by atoms with E-state index in [0.717, 1.165) is 0 Å². The Kier molecular flexibility index (Phi) is 3.36. The largest absolute Gasteiger partial charge is 0.457 e. The van der Waals surface area contributed by atoms with Crippen LogP contribution >= 0.6 is 15.9 Å². The van der Waals surface area contributed by atoms with E-state index in [2.05, 4.69) is 15.9 Å². The number of rotatable bonds is 3. The molecule has 0 aliphatic carbocycles. The molecule has 3 rings (SSSR count). The van der Waals surface area contributed by atoms with Crippen molar-refractivity contribution in [2.45, 2.75) is 6.92 Å². The third kappa shape index (κ3) is 2.49. The standard InChI is InChI=1S/C15H11BrO4/c1-9(17)12-4-2-10(6-13(12)16)20-11-3-5-14-15(7-11)19-8-18-14/h2-7H,8H2,1H3. The van der Waals surface area contributed by atoms with Gasteiger partial charge in [-0.05, 0) is 53.2 Å². The second-order valence-electron chi connectivity index (χ2n) is 4.31. The molecule has 1 aliphatic heterocycles. The van der Waals surface area contributed by atoms with Gasteiger partial charge in [0, 0.05) is 16.1 Å². The zero-order valence-electron chi connectivity index (χ0n) is 10.7. The summed E-state index contributed by atoms with van der Waals surface area (Å²) in [5, 5.41) is 0. The molecule has 0 bridgehead atoms. The highest BCUT2D eigenvalue weighted by molar-refractivity contribution is 9.10. The van der Waals surface area contributed by atoms with E-state index in [4.69, 9.17) is 14.2 Å². The number of halogens is 1. The summed E-state index contributed by atoms with van der Waals surface area (Å²) in [5.74, 6) is 2.68. The normalized spacial score (nSPS) is 12.3. The van der Waals surface area contributed by atoms with Gasteiger partial charge < -0.3 is 14.2 Å². The number of hydrogen-bond acceptors (Lipinski definition) is 4. The third-order valence-electron chi connectivity index (χ3n) is 2.90. The molecule has 1 heterocycles. The topological polar surface area (TPSA) is 44.8 Å². The van der Waals surface area contributed by atoms with E-state index < -0.39 is 0 Å². The summed E-state index contributed by atoms with van der Waals surface area (Å²) in [6, 6.07) is 10.6. The minimum atomic E-state index is 0.00602. The van der Waals surface area contributed by atoms with Crippen LogP contribution in [0.4, 0.5) is 0 Å². The molecule has 4 nitrogen and oxygen atoms in total. The molecule has 0 aromatic heterocycles. The number of Topliss-reactive ketones (excluding diaryl/α,β-unsaturated/α-hetero) is 1. The second-order valence-corrected chi connectivity index (χ2v) is 5.17. The minimum Gasteiger partial charge on any atom is -0.457 e. The van der Waals surface area contributed by atoms with E-state index in [1.807, 2.05) is 0 Å². The number of carbonyl (C=O) groups excluding carboxylic acids is 1. The fourth-order valence-electron chi connectivity index (χ4n) is 1.92. The Hall–Kier alpha value is -2.01. The quantitative estimate of drug-likeness (QED) is 0.790. The van der Waals surface area contributed by atoms with Gasteiger partial charge in [0.25, 0.3) is 0 Å². The van der Waals surface area contributed by atoms with E-state index in [0.29, 0.717) is 33.0 Å². The van der Waals surface area contributed by atoms with Gasteiger partial charge in [0.05, 0.1) is 0 Å². The summed E-state index contributed by atoms with van der Waals surface area (Å²) in [6.45, 7) is 1.76. The van der Waals surface area contributed by atoms with Crippen molar-refractivity contribution in [2.75, 3.05) is 6.79 Å². The summed E-state index contributed by atoms with van der Waals surface area (Å²) in [7, 11) is 0. The second kappa shape index (κ2) is 5.17. The predicted molar refractivity (Wildman–Crippen MR) is 76.8 cm³/mol. The molecule has 0 saturated carbocycles. The van der Waals surface area contributed by atoms with Gasteiger partial charge in [-0.15, -0.1) is 0 Å². The van der Waals surface area contributed by atoms with Crippen LogP contribution in [0.3, 0.4) is 0 Å². The number of ketones is 1. The molecule has 0 spiro atoms. The lowest BCUT2D eigenvalue weighted by atomic mass is 10.1. The van der Waals surface area contributed by atoms with Gasteiger partial charge in [-0.2, -0.15) is 0 Å². The Labute approximate surface area is 124 Å². The van der Waals surface area contributed by atoms with Gasteiger partial charge in [0.1, 0.15) is 11.5 Å². The average Bonchev–Trinajstić information content (AvgIpc) is 2.85. The molecular weight excluding hydrogens is 324 g/mol. The van der Waals surface area contributed by atoms with E-state index in [-0.39, 0.29) is 12.6 Å². The van der Waals surface area contributed by atoms with E-state index in [1.54, 1.807) is 36.4 Å². The molecule has 0 fully saturated rings. The molecule has 0 amide bonds. The van der Waals surface area contributed by atoms with Gasteiger partial charge in [0.2, 0.25) is 6.79 Å². The average molecular weight is 335 g/mol. The van der Waals surface area contributed by atoms with Crippen molar-refractivity contribution in [2.24, 2.45) is 0 Å². The SMILES string of the molecule is CC(=O)c1ccc(Oc2ccc3c(c2)OCO3)cc1Br. The molecule has 2 aromatic carbocycles. The molecular formula is C15H11BrO4. The van der Waals surface area contributed by atoms with Crippen molar-refractivity contribution < 1.29 is 19.0 Å². The first-order chi connectivity index (χ1) is 9.63. The molecule has 1 aliphatic rings. The minimum absolute atomic E-state index is 0.00602. The highest BCUT2D eigenvalue weighted by Crippen LogP contribution is 2.37. The smallest absolute Gasteiger partial charge is 0.231 e. The van der Waals surface area contributed by atoms with Crippen molar-refractivity contribution >= 4 is 21.7 Å². The first-order valence-electron chi connectivity index (χ1n) is 6.01. The molecule has 2 aromatic rings.